The number of hydrogen-bond acceptors (Lipinski definition) is 6. The zero-order valence-electron chi connectivity index (χ0n) is 18.5. The number of carbonyl (C=O) groups is 2. The van der Waals surface area contributed by atoms with Gasteiger partial charge in [-0.25, -0.2) is 4.98 Å². The highest BCUT2D eigenvalue weighted by molar-refractivity contribution is 5.94. The molecule has 0 unspecified atom stereocenters. The summed E-state index contributed by atoms with van der Waals surface area (Å²) in [7, 11) is 1.55. The van der Waals surface area contributed by atoms with Crippen LogP contribution in [-0.4, -0.2) is 68.1 Å². The largest absolute Gasteiger partial charge is 0.481 e. The van der Waals surface area contributed by atoms with E-state index in [1.54, 1.807) is 30.3 Å². The molecule has 2 aromatic heterocycles. The van der Waals surface area contributed by atoms with E-state index in [0.29, 0.717) is 49.3 Å². The van der Waals surface area contributed by atoms with Gasteiger partial charge in [-0.3, -0.25) is 9.59 Å². The average molecular weight is 427 g/mol. The molecule has 2 aromatic rings. The van der Waals surface area contributed by atoms with Gasteiger partial charge in [0.15, 0.2) is 5.82 Å². The summed E-state index contributed by atoms with van der Waals surface area (Å²) in [5.41, 5.74) is 0.535. The first kappa shape index (κ1) is 21.3. The molecule has 0 aliphatic carbocycles. The van der Waals surface area contributed by atoms with Gasteiger partial charge in [-0.15, -0.1) is 10.2 Å². The summed E-state index contributed by atoms with van der Waals surface area (Å²) in [5.74, 6) is 3.15. The second-order valence-corrected chi connectivity index (χ2v) is 8.70. The molecule has 0 spiro atoms. The monoisotopic (exact) mass is 426 g/mol. The number of aromatic nitrogens is 4. The molecule has 31 heavy (non-hydrogen) atoms. The first-order chi connectivity index (χ1) is 15.0. The summed E-state index contributed by atoms with van der Waals surface area (Å²) in [6, 6.07) is 3.42. The SMILES string of the molecule is COc1ccc(C(=O)N2CCn3c(nnc3C3CCN(C(=O)CC(C)C)CC3)C2)cn1. The Morgan fingerprint density at radius 1 is 1.10 bits per heavy atom. The maximum atomic E-state index is 12.8. The third-order valence-corrected chi connectivity index (χ3v) is 6.06. The Kier molecular flexibility index (Phi) is 6.20. The molecule has 166 valence electrons. The molecule has 9 nitrogen and oxygen atoms in total. The number of likely N-dealkylation sites (tertiary alicyclic amines) is 1. The van der Waals surface area contributed by atoms with E-state index in [2.05, 4.69) is 33.6 Å². The Hall–Kier alpha value is -2.97. The fourth-order valence-electron chi connectivity index (χ4n) is 4.33. The van der Waals surface area contributed by atoms with Gasteiger partial charge in [-0.2, -0.15) is 0 Å². The number of carbonyl (C=O) groups excluding carboxylic acids is 2. The molecular weight excluding hydrogens is 396 g/mol. The van der Waals surface area contributed by atoms with Crippen molar-refractivity contribution in [2.24, 2.45) is 5.92 Å². The number of ether oxygens (including phenoxy) is 1. The Bertz CT molecular complexity index is 931. The summed E-state index contributed by atoms with van der Waals surface area (Å²) in [5, 5.41) is 8.85. The van der Waals surface area contributed by atoms with Crippen molar-refractivity contribution in [1.29, 1.82) is 0 Å². The van der Waals surface area contributed by atoms with E-state index < -0.39 is 0 Å². The smallest absolute Gasteiger partial charge is 0.255 e. The standard InChI is InChI=1S/C22H30N6O3/c1-15(2)12-20(29)26-8-6-16(7-9-26)21-25-24-18-14-27(10-11-28(18)21)22(30)17-4-5-19(31-3)23-13-17/h4-5,13,15-16H,6-12,14H2,1-3H3. The fourth-order valence-corrected chi connectivity index (χ4v) is 4.33. The molecule has 2 aliphatic heterocycles. The highest BCUT2D eigenvalue weighted by Crippen LogP contribution is 2.29. The van der Waals surface area contributed by atoms with Crippen molar-refractivity contribution in [3.8, 4) is 5.88 Å². The van der Waals surface area contributed by atoms with E-state index in [9.17, 15) is 9.59 Å². The summed E-state index contributed by atoms with van der Waals surface area (Å²) < 4.78 is 7.22. The van der Waals surface area contributed by atoms with Crippen molar-refractivity contribution in [1.82, 2.24) is 29.5 Å². The predicted octanol–water partition coefficient (Wildman–Crippen LogP) is 2.09. The highest BCUT2D eigenvalue weighted by Gasteiger charge is 2.31. The van der Waals surface area contributed by atoms with Crippen LogP contribution in [0.15, 0.2) is 18.3 Å². The topological polar surface area (TPSA) is 93.5 Å². The van der Waals surface area contributed by atoms with Crippen molar-refractivity contribution in [2.45, 2.75) is 52.1 Å². The lowest BCUT2D eigenvalue weighted by Crippen LogP contribution is -2.40. The third-order valence-electron chi connectivity index (χ3n) is 6.06. The van der Waals surface area contributed by atoms with Gasteiger partial charge in [0, 0.05) is 50.8 Å². The number of fused-ring (bicyclic) bond motifs is 1. The predicted molar refractivity (Wildman–Crippen MR) is 114 cm³/mol. The molecule has 0 aromatic carbocycles. The fraction of sp³-hybridized carbons (Fsp3) is 0.591. The molecule has 0 radical (unpaired) electrons. The minimum atomic E-state index is -0.0667. The van der Waals surface area contributed by atoms with E-state index in [-0.39, 0.29) is 11.8 Å². The van der Waals surface area contributed by atoms with Gasteiger partial charge in [0.2, 0.25) is 11.8 Å². The van der Waals surface area contributed by atoms with Crippen LogP contribution < -0.4 is 4.74 Å². The summed E-state index contributed by atoms with van der Waals surface area (Å²) >= 11 is 0. The van der Waals surface area contributed by atoms with Gasteiger partial charge >= 0.3 is 0 Å². The quantitative estimate of drug-likeness (QED) is 0.727. The van der Waals surface area contributed by atoms with Crippen LogP contribution in [0.1, 0.15) is 61.0 Å². The summed E-state index contributed by atoms with van der Waals surface area (Å²) in [6.45, 7) is 7.41. The van der Waals surface area contributed by atoms with Gasteiger partial charge in [-0.1, -0.05) is 13.8 Å². The second-order valence-electron chi connectivity index (χ2n) is 8.70. The van der Waals surface area contributed by atoms with E-state index in [1.807, 2.05) is 4.90 Å². The molecule has 1 saturated heterocycles. The van der Waals surface area contributed by atoms with E-state index in [4.69, 9.17) is 4.74 Å². The summed E-state index contributed by atoms with van der Waals surface area (Å²) in [6.07, 6.45) is 3.96. The minimum Gasteiger partial charge on any atom is -0.481 e. The molecule has 0 saturated carbocycles. The van der Waals surface area contributed by atoms with Crippen molar-refractivity contribution < 1.29 is 14.3 Å². The lowest BCUT2D eigenvalue weighted by Gasteiger charge is -2.33. The number of amides is 2. The zero-order chi connectivity index (χ0) is 22.0. The van der Waals surface area contributed by atoms with Crippen LogP contribution in [0, 0.1) is 5.92 Å². The lowest BCUT2D eigenvalue weighted by molar-refractivity contribution is -0.133. The van der Waals surface area contributed by atoms with E-state index in [0.717, 1.165) is 37.6 Å². The molecule has 0 N–H and O–H groups in total. The second kappa shape index (κ2) is 9.03. The van der Waals surface area contributed by atoms with Crippen LogP contribution in [0.2, 0.25) is 0 Å². The van der Waals surface area contributed by atoms with E-state index in [1.165, 1.54) is 0 Å². The van der Waals surface area contributed by atoms with Crippen LogP contribution in [0.25, 0.3) is 0 Å². The molecule has 0 bridgehead atoms. The van der Waals surface area contributed by atoms with Crippen LogP contribution in [0.4, 0.5) is 0 Å². The normalized spacial score (nSPS) is 17.0. The van der Waals surface area contributed by atoms with Crippen LogP contribution in [0.3, 0.4) is 0 Å². The van der Waals surface area contributed by atoms with Gasteiger partial charge in [-0.05, 0) is 24.8 Å². The van der Waals surface area contributed by atoms with E-state index >= 15 is 0 Å². The van der Waals surface area contributed by atoms with Crippen molar-refractivity contribution >= 4 is 11.8 Å². The van der Waals surface area contributed by atoms with Crippen LogP contribution >= 0.6 is 0 Å². The zero-order valence-corrected chi connectivity index (χ0v) is 18.5. The molecular formula is C22H30N6O3. The van der Waals surface area contributed by atoms with Gasteiger partial charge in [0.05, 0.1) is 19.2 Å². The number of rotatable bonds is 5. The van der Waals surface area contributed by atoms with Crippen molar-refractivity contribution in [3.63, 3.8) is 0 Å². The molecule has 2 aliphatic rings. The first-order valence-electron chi connectivity index (χ1n) is 10.9. The maximum Gasteiger partial charge on any atom is 0.255 e. The molecule has 4 heterocycles. The summed E-state index contributed by atoms with van der Waals surface area (Å²) in [4.78, 5) is 33.1. The van der Waals surface area contributed by atoms with Crippen molar-refractivity contribution in [2.75, 3.05) is 26.7 Å². The Labute approximate surface area is 182 Å². The highest BCUT2D eigenvalue weighted by atomic mass is 16.5. The number of hydrogen-bond donors (Lipinski definition) is 0. The Balaban J connectivity index is 1.38. The number of nitrogens with zero attached hydrogens (tertiary/aromatic N) is 6. The molecule has 9 heteroatoms. The number of piperidine rings is 1. The van der Waals surface area contributed by atoms with Crippen LogP contribution in [-0.2, 0) is 17.9 Å². The number of methoxy groups -OCH3 is 1. The van der Waals surface area contributed by atoms with Gasteiger partial charge in [0.1, 0.15) is 5.82 Å². The lowest BCUT2D eigenvalue weighted by atomic mass is 9.95. The van der Waals surface area contributed by atoms with Gasteiger partial charge in [0.25, 0.3) is 5.91 Å². The maximum absolute atomic E-state index is 12.8. The first-order valence-corrected chi connectivity index (χ1v) is 10.9. The molecule has 0 atom stereocenters. The molecule has 4 rings (SSSR count). The number of pyridine rings is 1. The molecule has 1 fully saturated rings. The Morgan fingerprint density at radius 2 is 1.87 bits per heavy atom. The van der Waals surface area contributed by atoms with Crippen molar-refractivity contribution in [3.05, 3.63) is 35.5 Å². The van der Waals surface area contributed by atoms with Gasteiger partial charge < -0.3 is 19.1 Å². The molecule has 2 amide bonds. The minimum absolute atomic E-state index is 0.0667. The average Bonchev–Trinajstić information content (AvgIpc) is 3.21. The Morgan fingerprint density at radius 3 is 2.52 bits per heavy atom. The third kappa shape index (κ3) is 4.55. The van der Waals surface area contributed by atoms with Crippen LogP contribution in [0.5, 0.6) is 5.88 Å².